The molecule has 5 heteroatoms. The molecule has 2 N–H and O–H groups in total. The van der Waals surface area contributed by atoms with Gasteiger partial charge in [-0.15, -0.1) is 0 Å². The number of benzene rings is 1. The van der Waals surface area contributed by atoms with Gasteiger partial charge in [0, 0.05) is 13.6 Å². The molecule has 0 aliphatic heterocycles. The lowest BCUT2D eigenvalue weighted by Crippen LogP contribution is -2.52. The van der Waals surface area contributed by atoms with Crippen molar-refractivity contribution in [2.24, 2.45) is 5.41 Å². The van der Waals surface area contributed by atoms with E-state index in [0.29, 0.717) is 6.54 Å². The molecule has 116 valence electrons. The van der Waals surface area contributed by atoms with E-state index in [1.807, 2.05) is 30.3 Å². The third-order valence-corrected chi connectivity index (χ3v) is 3.31. The molecule has 21 heavy (non-hydrogen) atoms. The van der Waals surface area contributed by atoms with Crippen molar-refractivity contribution < 1.29 is 14.7 Å². The number of rotatable bonds is 5. The van der Waals surface area contributed by atoms with Gasteiger partial charge in [0.1, 0.15) is 6.04 Å². The van der Waals surface area contributed by atoms with Crippen LogP contribution in [0.3, 0.4) is 0 Å². The van der Waals surface area contributed by atoms with Crippen LogP contribution in [-0.2, 0) is 11.2 Å². The van der Waals surface area contributed by atoms with Crippen LogP contribution >= 0.6 is 0 Å². The highest BCUT2D eigenvalue weighted by molar-refractivity contribution is 5.83. The zero-order chi connectivity index (χ0) is 16.0. The van der Waals surface area contributed by atoms with Gasteiger partial charge in [-0.25, -0.2) is 9.59 Å². The molecule has 1 unspecified atom stereocenters. The lowest BCUT2D eigenvalue weighted by Gasteiger charge is -2.29. The number of likely N-dealkylation sites (N-methyl/N-ethyl adjacent to an activating group) is 1. The topological polar surface area (TPSA) is 69.6 Å². The third kappa shape index (κ3) is 5.45. The Morgan fingerprint density at radius 3 is 2.29 bits per heavy atom. The minimum absolute atomic E-state index is 0.367. The van der Waals surface area contributed by atoms with Crippen LogP contribution in [0.25, 0.3) is 0 Å². The number of urea groups is 1. The number of amides is 2. The number of carbonyl (C=O) groups excluding carboxylic acids is 1. The molecule has 0 saturated carbocycles. The zero-order valence-corrected chi connectivity index (χ0v) is 13.1. The Hall–Kier alpha value is -2.04. The standard InChI is InChI=1S/C16H24N2O3/c1-16(2,3)13(14(19)20)17-15(21)18(4)11-10-12-8-6-5-7-9-12/h5-9,13H,10-11H2,1-4H3,(H,17,21)(H,19,20). The van der Waals surface area contributed by atoms with Crippen molar-refractivity contribution in [1.82, 2.24) is 10.2 Å². The van der Waals surface area contributed by atoms with Crippen LogP contribution in [-0.4, -0.2) is 41.6 Å². The van der Waals surface area contributed by atoms with E-state index in [0.717, 1.165) is 12.0 Å². The fraction of sp³-hybridized carbons (Fsp3) is 0.500. The maximum absolute atomic E-state index is 12.1. The van der Waals surface area contributed by atoms with Crippen LogP contribution < -0.4 is 5.32 Å². The number of nitrogens with zero attached hydrogens (tertiary/aromatic N) is 1. The van der Waals surface area contributed by atoms with Crippen LogP contribution in [0.15, 0.2) is 30.3 Å². The van der Waals surface area contributed by atoms with E-state index in [-0.39, 0.29) is 6.03 Å². The first-order valence-electron chi connectivity index (χ1n) is 7.00. The minimum Gasteiger partial charge on any atom is -0.480 e. The Bertz CT molecular complexity index is 480. The third-order valence-electron chi connectivity index (χ3n) is 3.31. The molecule has 1 atom stereocenters. The highest BCUT2D eigenvalue weighted by Gasteiger charge is 2.33. The average Bonchev–Trinajstić information content (AvgIpc) is 2.41. The van der Waals surface area contributed by atoms with Crippen LogP contribution in [0.4, 0.5) is 4.79 Å². The second-order valence-corrected chi connectivity index (χ2v) is 6.24. The van der Waals surface area contributed by atoms with Gasteiger partial charge in [-0.2, -0.15) is 0 Å². The van der Waals surface area contributed by atoms with E-state index in [1.54, 1.807) is 27.8 Å². The van der Waals surface area contributed by atoms with Crippen molar-refractivity contribution in [3.05, 3.63) is 35.9 Å². The van der Waals surface area contributed by atoms with Gasteiger partial charge >= 0.3 is 12.0 Å². The van der Waals surface area contributed by atoms with Gasteiger partial charge in [-0.3, -0.25) is 0 Å². The Morgan fingerprint density at radius 1 is 1.24 bits per heavy atom. The molecule has 0 heterocycles. The SMILES string of the molecule is CN(CCc1ccccc1)C(=O)NC(C(=O)O)C(C)(C)C. The van der Waals surface area contributed by atoms with E-state index in [2.05, 4.69) is 5.32 Å². The van der Waals surface area contributed by atoms with E-state index in [9.17, 15) is 14.7 Å². The van der Waals surface area contributed by atoms with E-state index < -0.39 is 17.4 Å². The van der Waals surface area contributed by atoms with Gasteiger partial charge in [0.2, 0.25) is 0 Å². The van der Waals surface area contributed by atoms with Gasteiger partial charge in [-0.1, -0.05) is 51.1 Å². The number of hydrogen-bond acceptors (Lipinski definition) is 2. The van der Waals surface area contributed by atoms with Crippen LogP contribution in [0.2, 0.25) is 0 Å². The van der Waals surface area contributed by atoms with Crippen molar-refractivity contribution >= 4 is 12.0 Å². The average molecular weight is 292 g/mol. The van der Waals surface area contributed by atoms with E-state index >= 15 is 0 Å². The molecule has 0 radical (unpaired) electrons. The normalized spacial score (nSPS) is 12.6. The maximum atomic E-state index is 12.1. The summed E-state index contributed by atoms with van der Waals surface area (Å²) in [7, 11) is 1.67. The lowest BCUT2D eigenvalue weighted by atomic mass is 9.87. The Kier molecular flexibility index (Phi) is 5.76. The van der Waals surface area contributed by atoms with Crippen molar-refractivity contribution in [2.45, 2.75) is 33.2 Å². The quantitative estimate of drug-likeness (QED) is 0.875. The van der Waals surface area contributed by atoms with Crippen molar-refractivity contribution in [3.8, 4) is 0 Å². The molecule has 0 spiro atoms. The van der Waals surface area contributed by atoms with E-state index in [1.165, 1.54) is 4.90 Å². The highest BCUT2D eigenvalue weighted by atomic mass is 16.4. The lowest BCUT2D eigenvalue weighted by molar-refractivity contribution is -0.142. The van der Waals surface area contributed by atoms with Gasteiger partial charge in [-0.05, 0) is 17.4 Å². The predicted molar refractivity (Wildman–Crippen MR) is 82.2 cm³/mol. The smallest absolute Gasteiger partial charge is 0.326 e. The Morgan fingerprint density at radius 2 is 1.81 bits per heavy atom. The number of hydrogen-bond donors (Lipinski definition) is 2. The summed E-state index contributed by atoms with van der Waals surface area (Å²) in [5, 5.41) is 11.8. The number of nitrogens with one attached hydrogen (secondary N) is 1. The predicted octanol–water partition coefficient (Wildman–Crippen LogP) is 2.37. The molecule has 0 aromatic heterocycles. The molecular weight excluding hydrogens is 268 g/mol. The number of carboxylic acids is 1. The summed E-state index contributed by atoms with van der Waals surface area (Å²) in [5.74, 6) is -1.02. The monoisotopic (exact) mass is 292 g/mol. The molecule has 1 aromatic carbocycles. The first kappa shape index (κ1) is 17.0. The molecule has 0 fully saturated rings. The first-order chi connectivity index (χ1) is 9.71. The largest absolute Gasteiger partial charge is 0.480 e. The fourth-order valence-electron chi connectivity index (χ4n) is 1.93. The number of aliphatic carboxylic acids is 1. The molecule has 1 aromatic rings. The molecule has 0 aliphatic rings. The molecule has 0 aliphatic carbocycles. The van der Waals surface area contributed by atoms with Gasteiger partial charge in [0.05, 0.1) is 0 Å². The summed E-state index contributed by atoms with van der Waals surface area (Å²) in [5.41, 5.74) is 0.602. The first-order valence-corrected chi connectivity index (χ1v) is 7.00. The summed E-state index contributed by atoms with van der Waals surface area (Å²) in [6.45, 7) is 5.90. The second-order valence-electron chi connectivity index (χ2n) is 6.24. The summed E-state index contributed by atoms with van der Waals surface area (Å²) in [6, 6.07) is 8.57. The minimum atomic E-state index is -1.02. The molecule has 2 amide bonds. The summed E-state index contributed by atoms with van der Waals surface area (Å²) in [4.78, 5) is 24.8. The zero-order valence-electron chi connectivity index (χ0n) is 13.1. The fourth-order valence-corrected chi connectivity index (χ4v) is 1.93. The van der Waals surface area contributed by atoms with Crippen LogP contribution in [0.1, 0.15) is 26.3 Å². The number of carboxylic acid groups (broad SMARTS) is 1. The number of carbonyl (C=O) groups is 2. The van der Waals surface area contributed by atoms with Crippen molar-refractivity contribution in [3.63, 3.8) is 0 Å². The van der Waals surface area contributed by atoms with Gasteiger partial charge in [0.15, 0.2) is 0 Å². The summed E-state index contributed by atoms with van der Waals surface area (Å²) >= 11 is 0. The molecule has 0 bridgehead atoms. The van der Waals surface area contributed by atoms with E-state index in [4.69, 9.17) is 0 Å². The van der Waals surface area contributed by atoms with Crippen molar-refractivity contribution in [2.75, 3.05) is 13.6 Å². The van der Waals surface area contributed by atoms with Gasteiger partial charge in [0.25, 0.3) is 0 Å². The Balaban J connectivity index is 2.56. The molecular formula is C16H24N2O3. The second kappa shape index (κ2) is 7.11. The maximum Gasteiger partial charge on any atom is 0.326 e. The molecule has 0 saturated heterocycles. The molecule has 1 rings (SSSR count). The van der Waals surface area contributed by atoms with Gasteiger partial charge < -0.3 is 15.3 Å². The Labute approximate surface area is 126 Å². The highest BCUT2D eigenvalue weighted by Crippen LogP contribution is 2.19. The van der Waals surface area contributed by atoms with Crippen molar-refractivity contribution in [1.29, 1.82) is 0 Å². The summed E-state index contributed by atoms with van der Waals surface area (Å²) in [6.07, 6.45) is 0.734. The van der Waals surface area contributed by atoms with Crippen LogP contribution in [0, 0.1) is 5.41 Å². The summed E-state index contributed by atoms with van der Waals surface area (Å²) < 4.78 is 0. The van der Waals surface area contributed by atoms with Crippen LogP contribution in [0.5, 0.6) is 0 Å². The molecule has 5 nitrogen and oxygen atoms in total.